The van der Waals surface area contributed by atoms with Gasteiger partial charge in [0.25, 0.3) is 0 Å². The minimum atomic E-state index is 0.607. The molecule has 0 bridgehead atoms. The van der Waals surface area contributed by atoms with Crippen molar-refractivity contribution in [2.45, 2.75) is 6.92 Å². The van der Waals surface area contributed by atoms with Crippen molar-refractivity contribution in [3.63, 3.8) is 0 Å². The molecule has 134 valence electrons. The Morgan fingerprint density at radius 3 is 2.44 bits per heavy atom. The normalized spacial score (nSPS) is 10.8. The highest BCUT2D eigenvalue weighted by molar-refractivity contribution is 5.79. The highest BCUT2D eigenvalue weighted by atomic mass is 16.5. The number of para-hydroxylation sites is 1. The van der Waals surface area contributed by atoms with E-state index in [-0.39, 0.29) is 0 Å². The number of aryl methyl sites for hydroxylation is 1. The molecule has 0 saturated carbocycles. The molecule has 0 unspecified atom stereocenters. The van der Waals surface area contributed by atoms with Crippen LogP contribution in [0.25, 0.3) is 33.7 Å². The lowest BCUT2D eigenvalue weighted by Gasteiger charge is -2.12. The van der Waals surface area contributed by atoms with Gasteiger partial charge >= 0.3 is 0 Å². The third-order valence-corrected chi connectivity index (χ3v) is 4.47. The van der Waals surface area contributed by atoms with E-state index in [1.807, 2.05) is 67.7 Å². The molecule has 27 heavy (non-hydrogen) atoms. The van der Waals surface area contributed by atoms with Gasteiger partial charge in [-0.15, -0.1) is 0 Å². The van der Waals surface area contributed by atoms with Crippen LogP contribution in [0.1, 0.15) is 5.56 Å². The highest BCUT2D eigenvalue weighted by Crippen LogP contribution is 2.33. The molecular formula is C22H19N3O2. The molecule has 4 aromatic rings. The first-order valence-corrected chi connectivity index (χ1v) is 8.62. The van der Waals surface area contributed by atoms with Crippen molar-refractivity contribution in [1.82, 2.24) is 15.0 Å². The second-order valence-corrected chi connectivity index (χ2v) is 6.18. The Bertz CT molecular complexity index is 1130. The molecule has 0 amide bonds. The maximum absolute atomic E-state index is 5.42. The number of pyridine rings is 1. The lowest BCUT2D eigenvalue weighted by molar-refractivity contribution is 0.355. The third kappa shape index (κ3) is 3.19. The molecule has 2 heterocycles. The predicted octanol–water partition coefficient (Wildman–Crippen LogP) is 4.68. The summed E-state index contributed by atoms with van der Waals surface area (Å²) in [4.78, 5) is 14.0. The molecule has 4 rings (SSSR count). The van der Waals surface area contributed by atoms with Crippen molar-refractivity contribution in [1.29, 1.82) is 0 Å². The Hall–Kier alpha value is -3.47. The fourth-order valence-corrected chi connectivity index (χ4v) is 3.02. The zero-order valence-electron chi connectivity index (χ0n) is 15.4. The van der Waals surface area contributed by atoms with E-state index in [1.165, 1.54) is 0 Å². The molecule has 0 saturated heterocycles. The summed E-state index contributed by atoms with van der Waals surface area (Å²) in [5.41, 5.74) is 4.51. The van der Waals surface area contributed by atoms with Gasteiger partial charge in [-0.1, -0.05) is 24.3 Å². The average Bonchev–Trinajstić information content (AvgIpc) is 2.73. The van der Waals surface area contributed by atoms with Gasteiger partial charge in [0.15, 0.2) is 17.3 Å². The maximum Gasteiger partial charge on any atom is 0.178 e. The number of fused-ring (bicyclic) bond motifs is 1. The lowest BCUT2D eigenvalue weighted by atomic mass is 10.1. The van der Waals surface area contributed by atoms with E-state index in [0.29, 0.717) is 17.3 Å². The van der Waals surface area contributed by atoms with Crippen molar-refractivity contribution >= 4 is 10.9 Å². The van der Waals surface area contributed by atoms with Gasteiger partial charge in [0.2, 0.25) is 0 Å². The molecule has 0 aliphatic rings. The molecule has 0 N–H and O–H groups in total. The van der Waals surface area contributed by atoms with Gasteiger partial charge in [-0.25, -0.2) is 15.0 Å². The first kappa shape index (κ1) is 17.0. The lowest BCUT2D eigenvalue weighted by Crippen LogP contribution is -1.97. The molecule has 0 fully saturated rings. The van der Waals surface area contributed by atoms with Crippen molar-refractivity contribution in [2.24, 2.45) is 0 Å². The topological polar surface area (TPSA) is 57.1 Å². The number of methoxy groups -OCH3 is 2. The number of benzene rings is 2. The van der Waals surface area contributed by atoms with Crippen LogP contribution in [0, 0.1) is 6.92 Å². The summed E-state index contributed by atoms with van der Waals surface area (Å²) < 4.78 is 10.7. The molecule has 5 nitrogen and oxygen atoms in total. The summed E-state index contributed by atoms with van der Waals surface area (Å²) in [5, 5.41) is 1.01. The Morgan fingerprint density at radius 1 is 0.815 bits per heavy atom. The minimum absolute atomic E-state index is 0.607. The van der Waals surface area contributed by atoms with E-state index < -0.39 is 0 Å². The molecule has 0 radical (unpaired) electrons. The molecule has 0 aliphatic carbocycles. The van der Waals surface area contributed by atoms with E-state index in [1.54, 1.807) is 14.2 Å². The van der Waals surface area contributed by atoms with Gasteiger partial charge in [-0.3, -0.25) is 0 Å². The zero-order valence-corrected chi connectivity index (χ0v) is 15.4. The van der Waals surface area contributed by atoms with Crippen LogP contribution in [0.3, 0.4) is 0 Å². The Labute approximate surface area is 157 Å². The van der Waals surface area contributed by atoms with Crippen LogP contribution in [0.2, 0.25) is 0 Å². The molecule has 5 heteroatoms. The first-order valence-electron chi connectivity index (χ1n) is 8.62. The standard InChI is InChI=1S/C22H19N3O2/c1-14-8-10-18(22-23-13-16-6-4-5-7-17(16)25-22)24-21(14)15-9-11-19(26-2)20(12-15)27-3/h4-13H,1-3H3. The van der Waals surface area contributed by atoms with Crippen molar-refractivity contribution in [3.05, 3.63) is 66.4 Å². The van der Waals surface area contributed by atoms with Gasteiger partial charge < -0.3 is 9.47 Å². The maximum atomic E-state index is 5.42. The monoisotopic (exact) mass is 357 g/mol. The number of rotatable bonds is 4. The molecule has 0 aliphatic heterocycles. The molecule has 0 atom stereocenters. The first-order chi connectivity index (χ1) is 13.2. The van der Waals surface area contributed by atoms with E-state index in [0.717, 1.165) is 33.4 Å². The van der Waals surface area contributed by atoms with E-state index in [9.17, 15) is 0 Å². The number of ether oxygens (including phenoxy) is 2. The summed E-state index contributed by atoms with van der Waals surface area (Å²) in [6, 6.07) is 17.7. The third-order valence-electron chi connectivity index (χ3n) is 4.47. The van der Waals surface area contributed by atoms with Crippen LogP contribution in [-0.4, -0.2) is 29.2 Å². The molecule has 2 aromatic carbocycles. The van der Waals surface area contributed by atoms with E-state index >= 15 is 0 Å². The van der Waals surface area contributed by atoms with Gasteiger partial charge in [0.05, 0.1) is 25.4 Å². The highest BCUT2D eigenvalue weighted by Gasteiger charge is 2.12. The van der Waals surface area contributed by atoms with Gasteiger partial charge in [-0.05, 0) is 42.8 Å². The van der Waals surface area contributed by atoms with Crippen molar-refractivity contribution < 1.29 is 9.47 Å². The predicted molar refractivity (Wildman–Crippen MR) is 106 cm³/mol. The Morgan fingerprint density at radius 2 is 1.63 bits per heavy atom. The van der Waals surface area contributed by atoms with Crippen molar-refractivity contribution in [2.75, 3.05) is 14.2 Å². The van der Waals surface area contributed by atoms with E-state index in [2.05, 4.69) is 9.97 Å². The van der Waals surface area contributed by atoms with Gasteiger partial charge in [0, 0.05) is 17.1 Å². The summed E-state index contributed by atoms with van der Waals surface area (Å²) >= 11 is 0. The van der Waals surface area contributed by atoms with Crippen LogP contribution in [0.15, 0.2) is 60.8 Å². The summed E-state index contributed by atoms with van der Waals surface area (Å²) in [6.07, 6.45) is 1.83. The fourth-order valence-electron chi connectivity index (χ4n) is 3.02. The van der Waals surface area contributed by atoms with Crippen molar-refractivity contribution in [3.8, 4) is 34.3 Å². The van der Waals surface area contributed by atoms with Crippen LogP contribution in [0.5, 0.6) is 11.5 Å². The number of hydrogen-bond acceptors (Lipinski definition) is 5. The SMILES string of the molecule is COc1ccc(-c2nc(-c3ncc4ccccc4n3)ccc2C)cc1OC. The summed E-state index contributed by atoms with van der Waals surface area (Å²) in [7, 11) is 3.25. The largest absolute Gasteiger partial charge is 0.493 e. The smallest absolute Gasteiger partial charge is 0.178 e. The average molecular weight is 357 g/mol. The molecular weight excluding hydrogens is 338 g/mol. The summed E-state index contributed by atoms with van der Waals surface area (Å²) in [6.45, 7) is 2.03. The summed E-state index contributed by atoms with van der Waals surface area (Å²) in [5.74, 6) is 1.96. The van der Waals surface area contributed by atoms with Crippen LogP contribution in [-0.2, 0) is 0 Å². The number of hydrogen-bond donors (Lipinski definition) is 0. The fraction of sp³-hybridized carbons (Fsp3) is 0.136. The second-order valence-electron chi connectivity index (χ2n) is 6.18. The minimum Gasteiger partial charge on any atom is -0.493 e. The van der Waals surface area contributed by atoms with Gasteiger partial charge in [-0.2, -0.15) is 0 Å². The Kier molecular flexibility index (Phi) is 4.42. The number of aromatic nitrogens is 3. The molecule has 2 aromatic heterocycles. The van der Waals surface area contributed by atoms with E-state index in [4.69, 9.17) is 14.5 Å². The van der Waals surface area contributed by atoms with Crippen LogP contribution >= 0.6 is 0 Å². The second kappa shape index (κ2) is 7.03. The Balaban J connectivity index is 1.81. The quantitative estimate of drug-likeness (QED) is 0.530. The zero-order chi connectivity index (χ0) is 18.8. The number of nitrogens with zero attached hydrogens (tertiary/aromatic N) is 3. The van der Waals surface area contributed by atoms with Crippen LogP contribution in [0.4, 0.5) is 0 Å². The molecule has 0 spiro atoms. The van der Waals surface area contributed by atoms with Crippen LogP contribution < -0.4 is 9.47 Å². The van der Waals surface area contributed by atoms with Gasteiger partial charge in [0.1, 0.15) is 5.69 Å².